The zero-order valence-corrected chi connectivity index (χ0v) is 12.7. The summed E-state index contributed by atoms with van der Waals surface area (Å²) in [6, 6.07) is 1.98. The van der Waals surface area contributed by atoms with Crippen molar-refractivity contribution in [2.75, 3.05) is 5.73 Å². The number of carbonyl (C=O) groups excluding carboxylic acids is 1. The van der Waals surface area contributed by atoms with E-state index in [0.29, 0.717) is 10.6 Å². The van der Waals surface area contributed by atoms with Gasteiger partial charge in [0.1, 0.15) is 9.71 Å². The van der Waals surface area contributed by atoms with Gasteiger partial charge in [-0.15, -0.1) is 11.3 Å². The molecule has 0 aliphatic carbocycles. The summed E-state index contributed by atoms with van der Waals surface area (Å²) in [6.07, 6.45) is 0. The van der Waals surface area contributed by atoms with Crippen LogP contribution in [0.5, 0.6) is 0 Å². The summed E-state index contributed by atoms with van der Waals surface area (Å²) >= 11 is 1.35. The van der Waals surface area contributed by atoms with Gasteiger partial charge in [-0.2, -0.15) is 0 Å². The number of carbonyl (C=O) groups is 1. The largest absolute Gasteiger partial charge is 0.397 e. The standard InChI is InChI=1S/C14H19N3OS/c1-7-6-8(2)16-13-9(7)10(15)11(19-13)12(18)17-14(3,4)5/h6H,15H2,1-5H3,(H,17,18). The molecule has 2 aromatic heterocycles. The summed E-state index contributed by atoms with van der Waals surface area (Å²) in [4.78, 5) is 18.1. The third-order valence-corrected chi connectivity index (χ3v) is 3.82. The van der Waals surface area contributed by atoms with E-state index in [1.165, 1.54) is 11.3 Å². The van der Waals surface area contributed by atoms with Crippen LogP contribution in [-0.2, 0) is 0 Å². The molecule has 2 rings (SSSR count). The third-order valence-electron chi connectivity index (χ3n) is 2.72. The van der Waals surface area contributed by atoms with Gasteiger partial charge < -0.3 is 11.1 Å². The second kappa shape index (κ2) is 4.49. The van der Waals surface area contributed by atoms with E-state index < -0.39 is 0 Å². The number of hydrogen-bond acceptors (Lipinski definition) is 4. The first-order valence-electron chi connectivity index (χ1n) is 6.18. The number of aromatic nitrogens is 1. The first kappa shape index (κ1) is 13.8. The Balaban J connectivity index is 2.54. The van der Waals surface area contributed by atoms with Crippen LogP contribution in [-0.4, -0.2) is 16.4 Å². The van der Waals surface area contributed by atoms with Gasteiger partial charge in [0.25, 0.3) is 5.91 Å². The summed E-state index contributed by atoms with van der Waals surface area (Å²) in [5.74, 6) is -0.134. The maximum Gasteiger partial charge on any atom is 0.263 e. The van der Waals surface area contributed by atoms with Crippen LogP contribution in [0.4, 0.5) is 5.69 Å². The highest BCUT2D eigenvalue weighted by Crippen LogP contribution is 2.35. The van der Waals surface area contributed by atoms with Crippen LogP contribution in [0.15, 0.2) is 6.07 Å². The summed E-state index contributed by atoms with van der Waals surface area (Å²) in [5.41, 5.74) is 8.37. The number of amides is 1. The van der Waals surface area contributed by atoms with Gasteiger partial charge in [-0.3, -0.25) is 4.79 Å². The zero-order chi connectivity index (χ0) is 14.4. The monoisotopic (exact) mass is 277 g/mol. The summed E-state index contributed by atoms with van der Waals surface area (Å²) < 4.78 is 0. The van der Waals surface area contributed by atoms with E-state index in [4.69, 9.17) is 5.73 Å². The Morgan fingerprint density at radius 1 is 1.37 bits per heavy atom. The minimum atomic E-state index is -0.280. The van der Waals surface area contributed by atoms with Crippen LogP contribution in [0.3, 0.4) is 0 Å². The third kappa shape index (κ3) is 2.71. The van der Waals surface area contributed by atoms with E-state index >= 15 is 0 Å². The SMILES string of the molecule is Cc1cc(C)c2c(N)c(C(=O)NC(C)(C)C)sc2n1. The van der Waals surface area contributed by atoms with Crippen molar-refractivity contribution >= 4 is 33.1 Å². The van der Waals surface area contributed by atoms with Gasteiger partial charge in [-0.1, -0.05) is 0 Å². The molecule has 0 aliphatic heterocycles. The molecular weight excluding hydrogens is 258 g/mol. The number of nitrogens with one attached hydrogen (secondary N) is 1. The molecule has 4 nitrogen and oxygen atoms in total. The fraction of sp³-hybridized carbons (Fsp3) is 0.429. The highest BCUT2D eigenvalue weighted by molar-refractivity contribution is 7.21. The quantitative estimate of drug-likeness (QED) is 0.842. The Morgan fingerprint density at radius 2 is 2.00 bits per heavy atom. The molecule has 0 saturated carbocycles. The van der Waals surface area contributed by atoms with Gasteiger partial charge >= 0.3 is 0 Å². The topological polar surface area (TPSA) is 68.0 Å². The highest BCUT2D eigenvalue weighted by Gasteiger charge is 2.22. The summed E-state index contributed by atoms with van der Waals surface area (Å²) in [6.45, 7) is 9.77. The minimum absolute atomic E-state index is 0.134. The van der Waals surface area contributed by atoms with Crippen molar-refractivity contribution in [2.24, 2.45) is 0 Å². The van der Waals surface area contributed by atoms with Gasteiger partial charge in [-0.05, 0) is 46.2 Å². The lowest BCUT2D eigenvalue weighted by Gasteiger charge is -2.20. The Labute approximate surface area is 117 Å². The molecule has 0 spiro atoms. The number of nitrogens with zero attached hydrogens (tertiary/aromatic N) is 1. The molecule has 0 saturated heterocycles. The number of nitrogens with two attached hydrogens (primary N) is 1. The van der Waals surface area contributed by atoms with Crippen LogP contribution in [0.2, 0.25) is 0 Å². The number of nitrogen functional groups attached to an aromatic ring is 1. The van der Waals surface area contributed by atoms with Crippen molar-refractivity contribution in [3.63, 3.8) is 0 Å². The number of aryl methyl sites for hydroxylation is 2. The average molecular weight is 277 g/mol. The van der Waals surface area contributed by atoms with Crippen molar-refractivity contribution in [1.82, 2.24) is 10.3 Å². The van der Waals surface area contributed by atoms with E-state index in [2.05, 4.69) is 10.3 Å². The maximum absolute atomic E-state index is 12.2. The highest BCUT2D eigenvalue weighted by atomic mass is 32.1. The fourth-order valence-electron chi connectivity index (χ4n) is 2.04. The number of fused-ring (bicyclic) bond motifs is 1. The molecule has 2 heterocycles. The number of hydrogen-bond donors (Lipinski definition) is 2. The summed E-state index contributed by atoms with van der Waals surface area (Å²) in [5, 5.41) is 3.83. The van der Waals surface area contributed by atoms with Crippen LogP contribution < -0.4 is 11.1 Å². The lowest BCUT2D eigenvalue weighted by molar-refractivity contribution is 0.0924. The molecule has 3 N–H and O–H groups in total. The second-order valence-corrected chi connectivity index (χ2v) is 6.81. The molecule has 5 heteroatoms. The van der Waals surface area contributed by atoms with E-state index in [0.717, 1.165) is 21.5 Å². The van der Waals surface area contributed by atoms with Crippen molar-refractivity contribution in [2.45, 2.75) is 40.2 Å². The molecule has 0 fully saturated rings. The van der Waals surface area contributed by atoms with Crippen molar-refractivity contribution in [1.29, 1.82) is 0 Å². The van der Waals surface area contributed by atoms with Crippen molar-refractivity contribution < 1.29 is 4.79 Å². The van der Waals surface area contributed by atoms with Crippen molar-refractivity contribution in [3.05, 3.63) is 22.2 Å². The van der Waals surface area contributed by atoms with Crippen LogP contribution >= 0.6 is 11.3 Å². The Kier molecular flexibility index (Phi) is 3.26. The van der Waals surface area contributed by atoms with E-state index in [9.17, 15) is 4.79 Å². The van der Waals surface area contributed by atoms with Gasteiger partial charge in [0.2, 0.25) is 0 Å². The van der Waals surface area contributed by atoms with E-state index in [1.807, 2.05) is 40.7 Å². The molecule has 0 unspecified atom stereocenters. The van der Waals surface area contributed by atoms with Gasteiger partial charge in [-0.25, -0.2) is 4.98 Å². The second-order valence-electron chi connectivity index (χ2n) is 5.81. The van der Waals surface area contributed by atoms with E-state index in [-0.39, 0.29) is 11.4 Å². The lowest BCUT2D eigenvalue weighted by Crippen LogP contribution is -2.40. The molecule has 0 aromatic carbocycles. The molecule has 19 heavy (non-hydrogen) atoms. The number of anilines is 1. The molecular formula is C14H19N3OS. The van der Waals surface area contributed by atoms with Crippen LogP contribution in [0.1, 0.15) is 41.7 Å². The van der Waals surface area contributed by atoms with Gasteiger partial charge in [0.05, 0.1) is 5.69 Å². The molecule has 0 radical (unpaired) electrons. The minimum Gasteiger partial charge on any atom is -0.397 e. The predicted octanol–water partition coefficient (Wildman–Crippen LogP) is 3.02. The summed E-state index contributed by atoms with van der Waals surface area (Å²) in [7, 11) is 0. The molecule has 2 aromatic rings. The Morgan fingerprint density at radius 3 is 2.58 bits per heavy atom. The number of thiophene rings is 1. The molecule has 1 amide bonds. The fourth-order valence-corrected chi connectivity index (χ4v) is 3.15. The van der Waals surface area contributed by atoms with Gasteiger partial charge in [0, 0.05) is 16.6 Å². The Hall–Kier alpha value is -1.62. The van der Waals surface area contributed by atoms with E-state index in [1.54, 1.807) is 0 Å². The molecule has 0 aliphatic rings. The average Bonchev–Trinajstić information content (AvgIpc) is 2.53. The molecule has 0 atom stereocenters. The molecule has 102 valence electrons. The van der Waals surface area contributed by atoms with Crippen LogP contribution in [0.25, 0.3) is 10.2 Å². The smallest absolute Gasteiger partial charge is 0.263 e. The normalized spacial score (nSPS) is 11.8. The lowest BCUT2D eigenvalue weighted by atomic mass is 10.1. The van der Waals surface area contributed by atoms with Crippen LogP contribution in [0, 0.1) is 13.8 Å². The number of pyridine rings is 1. The Bertz CT molecular complexity index is 653. The number of rotatable bonds is 1. The van der Waals surface area contributed by atoms with Gasteiger partial charge in [0.15, 0.2) is 0 Å². The molecule has 0 bridgehead atoms. The zero-order valence-electron chi connectivity index (χ0n) is 11.9. The maximum atomic E-state index is 12.2. The first-order valence-corrected chi connectivity index (χ1v) is 6.99. The first-order chi connectivity index (χ1) is 8.69. The predicted molar refractivity (Wildman–Crippen MR) is 80.7 cm³/mol. The van der Waals surface area contributed by atoms with Crippen molar-refractivity contribution in [3.8, 4) is 0 Å².